The van der Waals surface area contributed by atoms with E-state index in [1.807, 2.05) is 54.6 Å². The van der Waals surface area contributed by atoms with Crippen molar-refractivity contribution >= 4 is 22.8 Å². The van der Waals surface area contributed by atoms with Gasteiger partial charge in [-0.1, -0.05) is 48.5 Å². The van der Waals surface area contributed by atoms with Gasteiger partial charge in [-0.05, 0) is 12.1 Å². The van der Waals surface area contributed by atoms with Crippen molar-refractivity contribution in [2.75, 3.05) is 5.32 Å². The van der Waals surface area contributed by atoms with E-state index in [1.165, 1.54) is 0 Å². The number of hydrogen-bond acceptors (Lipinski definition) is 5. The van der Waals surface area contributed by atoms with Crippen molar-refractivity contribution in [1.29, 1.82) is 0 Å². The summed E-state index contributed by atoms with van der Waals surface area (Å²) in [5, 5.41) is 4.07. The van der Waals surface area contributed by atoms with Crippen LogP contribution in [0.1, 0.15) is 0 Å². The third kappa shape index (κ3) is 2.72. The molecular formula is C18H13N5. The Hall–Kier alpha value is -3.34. The number of hydrogen-bond donors (Lipinski definition) is 1. The summed E-state index contributed by atoms with van der Waals surface area (Å²) in [6.07, 6.45) is 3.35. The van der Waals surface area contributed by atoms with Gasteiger partial charge in [0.1, 0.15) is 0 Å². The average Bonchev–Trinajstić information content (AvgIpc) is 2.63. The molecule has 0 saturated heterocycles. The normalized spacial score (nSPS) is 10.6. The fourth-order valence-corrected chi connectivity index (χ4v) is 2.41. The van der Waals surface area contributed by atoms with Crippen molar-refractivity contribution in [3.63, 3.8) is 0 Å². The molecule has 0 aliphatic carbocycles. The van der Waals surface area contributed by atoms with Gasteiger partial charge < -0.3 is 0 Å². The topological polar surface area (TPSA) is 63.6 Å². The minimum Gasteiger partial charge on any atom is -0.293 e. The van der Waals surface area contributed by atoms with E-state index in [0.717, 1.165) is 22.2 Å². The molecular weight excluding hydrogens is 286 g/mol. The Balaban J connectivity index is 1.87. The largest absolute Gasteiger partial charge is 0.293 e. The molecule has 4 rings (SSSR count). The molecule has 0 amide bonds. The van der Waals surface area contributed by atoms with Gasteiger partial charge in [0.25, 0.3) is 0 Å². The summed E-state index contributed by atoms with van der Waals surface area (Å²) in [5.74, 6) is 0.954. The van der Waals surface area contributed by atoms with E-state index in [2.05, 4.69) is 25.3 Å². The quantitative estimate of drug-likeness (QED) is 0.623. The molecule has 2 heterocycles. The first-order valence-electron chi connectivity index (χ1n) is 7.26. The van der Waals surface area contributed by atoms with Gasteiger partial charge >= 0.3 is 0 Å². The highest BCUT2D eigenvalue weighted by molar-refractivity contribution is 5.93. The Labute approximate surface area is 133 Å². The van der Waals surface area contributed by atoms with Crippen LogP contribution in [0.4, 0.5) is 11.9 Å². The van der Waals surface area contributed by atoms with E-state index in [1.54, 1.807) is 18.5 Å². The maximum absolute atomic E-state index is 4.66. The van der Waals surface area contributed by atoms with Crippen LogP contribution in [0, 0.1) is 0 Å². The van der Waals surface area contributed by atoms with Crippen LogP contribution < -0.4 is 5.32 Å². The van der Waals surface area contributed by atoms with Gasteiger partial charge in [-0.15, -0.1) is 0 Å². The molecule has 2 aromatic heterocycles. The highest BCUT2D eigenvalue weighted by Gasteiger charge is 2.10. The van der Waals surface area contributed by atoms with Crippen LogP contribution in [0.3, 0.4) is 0 Å². The zero-order valence-corrected chi connectivity index (χ0v) is 12.2. The Morgan fingerprint density at radius 2 is 1.39 bits per heavy atom. The maximum Gasteiger partial charge on any atom is 0.230 e. The highest BCUT2D eigenvalue weighted by Crippen LogP contribution is 2.27. The Kier molecular flexibility index (Phi) is 3.37. The first-order chi connectivity index (χ1) is 11.4. The van der Waals surface area contributed by atoms with E-state index >= 15 is 0 Å². The number of anilines is 2. The lowest BCUT2D eigenvalue weighted by Crippen LogP contribution is -2.02. The van der Waals surface area contributed by atoms with Gasteiger partial charge in [0.05, 0.1) is 11.2 Å². The number of nitrogens with one attached hydrogen (secondary N) is 1. The number of rotatable bonds is 3. The van der Waals surface area contributed by atoms with Crippen LogP contribution in [0.5, 0.6) is 0 Å². The lowest BCUT2D eigenvalue weighted by Gasteiger charge is -2.09. The summed E-state index contributed by atoms with van der Waals surface area (Å²) < 4.78 is 0. The second-order valence-electron chi connectivity index (χ2n) is 4.98. The molecule has 2 aromatic carbocycles. The van der Waals surface area contributed by atoms with Crippen LogP contribution in [0.15, 0.2) is 73.1 Å². The van der Waals surface area contributed by atoms with Crippen molar-refractivity contribution in [2.45, 2.75) is 0 Å². The summed E-state index contributed by atoms with van der Waals surface area (Å²) in [6, 6.07) is 19.8. The Morgan fingerprint density at radius 3 is 2.22 bits per heavy atom. The van der Waals surface area contributed by atoms with Crippen LogP contribution in [0.25, 0.3) is 22.2 Å². The molecule has 0 aliphatic heterocycles. The van der Waals surface area contributed by atoms with Crippen molar-refractivity contribution in [3.05, 3.63) is 73.1 Å². The fraction of sp³-hybridized carbons (Fsp3) is 0. The van der Waals surface area contributed by atoms with E-state index in [4.69, 9.17) is 0 Å². The first kappa shape index (κ1) is 13.3. The molecule has 0 saturated carbocycles. The maximum atomic E-state index is 4.66. The van der Waals surface area contributed by atoms with Gasteiger partial charge in [0, 0.05) is 23.3 Å². The predicted molar refractivity (Wildman–Crippen MR) is 90.3 cm³/mol. The number of aromatic nitrogens is 4. The van der Waals surface area contributed by atoms with E-state index < -0.39 is 0 Å². The van der Waals surface area contributed by atoms with Crippen molar-refractivity contribution in [3.8, 4) is 11.3 Å². The molecule has 23 heavy (non-hydrogen) atoms. The van der Waals surface area contributed by atoms with Crippen LogP contribution in [-0.2, 0) is 0 Å². The fourth-order valence-electron chi connectivity index (χ4n) is 2.41. The molecule has 5 heteroatoms. The van der Waals surface area contributed by atoms with E-state index in [9.17, 15) is 0 Å². The zero-order chi connectivity index (χ0) is 15.5. The summed E-state index contributed by atoms with van der Waals surface area (Å²) in [6.45, 7) is 0. The lowest BCUT2D eigenvalue weighted by molar-refractivity contribution is 1.12. The van der Waals surface area contributed by atoms with Crippen LogP contribution in [-0.4, -0.2) is 19.9 Å². The number of benzene rings is 2. The second-order valence-corrected chi connectivity index (χ2v) is 4.98. The minimum absolute atomic E-state index is 0.474. The number of fused-ring (bicyclic) bond motifs is 1. The van der Waals surface area contributed by atoms with Crippen molar-refractivity contribution in [2.24, 2.45) is 0 Å². The highest BCUT2D eigenvalue weighted by atomic mass is 15.2. The Morgan fingerprint density at radius 1 is 0.652 bits per heavy atom. The number of nitrogens with zero attached hydrogens (tertiary/aromatic N) is 4. The molecule has 0 radical (unpaired) electrons. The summed E-state index contributed by atoms with van der Waals surface area (Å²) in [7, 11) is 0. The van der Waals surface area contributed by atoms with Gasteiger partial charge in [0.2, 0.25) is 11.9 Å². The molecule has 0 spiro atoms. The average molecular weight is 299 g/mol. The van der Waals surface area contributed by atoms with Gasteiger partial charge in [-0.3, -0.25) is 5.32 Å². The monoisotopic (exact) mass is 299 g/mol. The molecule has 110 valence electrons. The van der Waals surface area contributed by atoms with Crippen LogP contribution in [0.2, 0.25) is 0 Å². The smallest absolute Gasteiger partial charge is 0.230 e. The molecule has 0 unspecified atom stereocenters. The van der Waals surface area contributed by atoms with Gasteiger partial charge in [0.15, 0.2) is 0 Å². The van der Waals surface area contributed by atoms with Gasteiger partial charge in [-0.25, -0.2) is 19.9 Å². The zero-order valence-electron chi connectivity index (χ0n) is 12.2. The third-order valence-electron chi connectivity index (χ3n) is 3.44. The van der Waals surface area contributed by atoms with E-state index in [-0.39, 0.29) is 0 Å². The summed E-state index contributed by atoms with van der Waals surface area (Å²) in [5.41, 5.74) is 2.80. The lowest BCUT2D eigenvalue weighted by atomic mass is 10.1. The SMILES string of the molecule is c1ccc(-c2nc(Nc3ncccn3)nc3ccccc23)cc1. The van der Waals surface area contributed by atoms with Gasteiger partial charge in [-0.2, -0.15) is 0 Å². The third-order valence-corrected chi connectivity index (χ3v) is 3.44. The molecule has 0 bridgehead atoms. The van der Waals surface area contributed by atoms with Crippen LogP contribution >= 0.6 is 0 Å². The molecule has 4 aromatic rings. The molecule has 0 atom stereocenters. The summed E-state index contributed by atoms with van der Waals surface area (Å²) in [4.78, 5) is 17.5. The second kappa shape index (κ2) is 5.81. The van der Waals surface area contributed by atoms with Crippen molar-refractivity contribution in [1.82, 2.24) is 19.9 Å². The number of para-hydroxylation sites is 1. The predicted octanol–water partition coefficient (Wildman–Crippen LogP) is 3.83. The van der Waals surface area contributed by atoms with E-state index in [0.29, 0.717) is 11.9 Å². The molecule has 0 fully saturated rings. The molecule has 1 N–H and O–H groups in total. The molecule has 5 nitrogen and oxygen atoms in total. The first-order valence-corrected chi connectivity index (χ1v) is 7.26. The Bertz CT molecular complexity index is 939. The molecule has 0 aliphatic rings. The standard InChI is InChI=1S/C18H13N5/c1-2-7-13(8-3-1)16-14-9-4-5-10-15(14)21-18(22-16)23-17-19-11-6-12-20-17/h1-12H,(H,19,20,21,22,23). The minimum atomic E-state index is 0.474. The van der Waals surface area contributed by atoms with Crippen molar-refractivity contribution < 1.29 is 0 Å². The summed E-state index contributed by atoms with van der Waals surface area (Å²) >= 11 is 0.